The van der Waals surface area contributed by atoms with Crippen LogP contribution in [-0.4, -0.2) is 42.3 Å². The van der Waals surface area contributed by atoms with Crippen LogP contribution in [0.15, 0.2) is 30.3 Å². The molecule has 21 heavy (non-hydrogen) atoms. The zero-order chi connectivity index (χ0) is 14.9. The van der Waals surface area contributed by atoms with Crippen LogP contribution in [0.2, 0.25) is 0 Å². The largest absolute Gasteiger partial charge is 0.380 e. The Balaban J connectivity index is 1.90. The highest BCUT2D eigenvalue weighted by molar-refractivity contribution is 5.22. The van der Waals surface area contributed by atoms with Gasteiger partial charge in [-0.05, 0) is 39.2 Å². The van der Waals surface area contributed by atoms with Gasteiger partial charge in [-0.15, -0.1) is 0 Å². The topological polar surface area (TPSA) is 24.5 Å². The molecule has 2 unspecified atom stereocenters. The Morgan fingerprint density at radius 1 is 1.19 bits per heavy atom. The van der Waals surface area contributed by atoms with E-state index in [1.54, 1.807) is 0 Å². The second kappa shape index (κ2) is 5.71. The van der Waals surface area contributed by atoms with Gasteiger partial charge in [-0.3, -0.25) is 4.90 Å². The van der Waals surface area contributed by atoms with E-state index in [2.05, 4.69) is 61.3 Å². The van der Waals surface area contributed by atoms with Crippen LogP contribution < -0.4 is 5.32 Å². The number of piperazine rings is 1. The molecule has 0 spiro atoms. The van der Waals surface area contributed by atoms with Gasteiger partial charge in [0.2, 0.25) is 0 Å². The summed E-state index contributed by atoms with van der Waals surface area (Å²) in [7, 11) is 0. The van der Waals surface area contributed by atoms with Crippen molar-refractivity contribution >= 4 is 0 Å². The summed E-state index contributed by atoms with van der Waals surface area (Å²) in [6.45, 7) is 10.8. The number of hydrogen-bond acceptors (Lipinski definition) is 3. The van der Waals surface area contributed by atoms with Crippen LogP contribution in [-0.2, 0) is 4.74 Å². The molecular weight excluding hydrogens is 260 g/mol. The highest BCUT2D eigenvalue weighted by Crippen LogP contribution is 2.37. The maximum atomic E-state index is 5.83. The lowest BCUT2D eigenvalue weighted by molar-refractivity contribution is -0.0808. The number of ether oxygens (including phenoxy) is 1. The molecule has 1 aromatic carbocycles. The predicted octanol–water partition coefficient (Wildman–Crippen LogP) is 2.98. The summed E-state index contributed by atoms with van der Waals surface area (Å²) in [6.07, 6.45) is 2.40. The SMILES string of the molecule is CC1(C)CN(C2(C)CCCOC2)C(c2ccccc2)CN1. The Bertz CT molecular complexity index is 465. The lowest BCUT2D eigenvalue weighted by Gasteiger charge is -2.54. The van der Waals surface area contributed by atoms with Crippen molar-refractivity contribution in [1.82, 2.24) is 10.2 Å². The first-order valence-electron chi connectivity index (χ1n) is 8.15. The number of nitrogens with one attached hydrogen (secondary N) is 1. The van der Waals surface area contributed by atoms with Crippen LogP contribution in [0.5, 0.6) is 0 Å². The fourth-order valence-electron chi connectivity index (χ4n) is 3.76. The first-order chi connectivity index (χ1) is 10.0. The minimum atomic E-state index is 0.151. The molecule has 0 amide bonds. The Hall–Kier alpha value is -0.900. The van der Waals surface area contributed by atoms with Gasteiger partial charge in [0, 0.05) is 36.8 Å². The van der Waals surface area contributed by atoms with Gasteiger partial charge in [-0.2, -0.15) is 0 Å². The molecule has 2 aliphatic rings. The van der Waals surface area contributed by atoms with Crippen molar-refractivity contribution in [3.8, 4) is 0 Å². The third-order valence-electron chi connectivity index (χ3n) is 5.01. The van der Waals surface area contributed by atoms with Crippen LogP contribution in [0.1, 0.15) is 45.2 Å². The maximum absolute atomic E-state index is 5.83. The molecule has 1 N–H and O–H groups in total. The molecule has 1 aromatic rings. The van der Waals surface area contributed by atoms with Crippen molar-refractivity contribution in [1.29, 1.82) is 0 Å². The van der Waals surface area contributed by atoms with E-state index >= 15 is 0 Å². The summed E-state index contributed by atoms with van der Waals surface area (Å²) >= 11 is 0. The molecular formula is C18H28N2O. The fourth-order valence-corrected chi connectivity index (χ4v) is 3.76. The first kappa shape index (κ1) is 15.0. The molecule has 0 bridgehead atoms. The normalized spacial score (nSPS) is 33.8. The van der Waals surface area contributed by atoms with Crippen LogP contribution in [0.3, 0.4) is 0 Å². The van der Waals surface area contributed by atoms with Gasteiger partial charge in [0.05, 0.1) is 6.61 Å². The third kappa shape index (κ3) is 3.15. The number of nitrogens with zero attached hydrogens (tertiary/aromatic N) is 1. The van der Waals surface area contributed by atoms with E-state index in [1.165, 1.54) is 18.4 Å². The number of rotatable bonds is 2. The second-order valence-corrected chi connectivity index (χ2v) is 7.47. The average Bonchev–Trinajstić information content (AvgIpc) is 2.48. The molecule has 3 rings (SSSR count). The Morgan fingerprint density at radius 2 is 1.95 bits per heavy atom. The predicted molar refractivity (Wildman–Crippen MR) is 86.4 cm³/mol. The Labute approximate surface area is 128 Å². The van der Waals surface area contributed by atoms with Gasteiger partial charge in [0.15, 0.2) is 0 Å². The average molecular weight is 288 g/mol. The summed E-state index contributed by atoms with van der Waals surface area (Å²) < 4.78 is 5.83. The van der Waals surface area contributed by atoms with E-state index in [4.69, 9.17) is 4.74 Å². The lowest BCUT2D eigenvalue weighted by Crippen LogP contribution is -2.65. The van der Waals surface area contributed by atoms with E-state index in [1.807, 2.05) is 0 Å². The van der Waals surface area contributed by atoms with Crippen LogP contribution in [0, 0.1) is 0 Å². The third-order valence-corrected chi connectivity index (χ3v) is 5.01. The van der Waals surface area contributed by atoms with Gasteiger partial charge >= 0.3 is 0 Å². The molecule has 0 saturated carbocycles. The van der Waals surface area contributed by atoms with Crippen LogP contribution >= 0.6 is 0 Å². The van der Waals surface area contributed by atoms with Crippen molar-refractivity contribution in [2.75, 3.05) is 26.3 Å². The second-order valence-electron chi connectivity index (χ2n) is 7.47. The molecule has 2 atom stereocenters. The van der Waals surface area contributed by atoms with Crippen molar-refractivity contribution in [3.05, 3.63) is 35.9 Å². The quantitative estimate of drug-likeness (QED) is 0.905. The monoisotopic (exact) mass is 288 g/mol. The van der Waals surface area contributed by atoms with E-state index in [0.717, 1.165) is 26.3 Å². The standard InChI is InChI=1S/C18H28N2O/c1-17(2)13-20(18(3)10-7-11-21-14-18)16(12-19-17)15-8-5-4-6-9-15/h4-6,8-9,16,19H,7,10-14H2,1-3H3. The van der Waals surface area contributed by atoms with Crippen molar-refractivity contribution < 1.29 is 4.74 Å². The number of hydrogen-bond donors (Lipinski definition) is 1. The maximum Gasteiger partial charge on any atom is 0.0647 e. The van der Waals surface area contributed by atoms with E-state index in [0.29, 0.717) is 6.04 Å². The first-order valence-corrected chi connectivity index (χ1v) is 8.15. The van der Waals surface area contributed by atoms with Crippen molar-refractivity contribution in [2.24, 2.45) is 0 Å². The lowest BCUT2D eigenvalue weighted by atomic mass is 9.85. The summed E-state index contributed by atoms with van der Waals surface area (Å²) in [5.74, 6) is 0. The Morgan fingerprint density at radius 3 is 2.62 bits per heavy atom. The summed E-state index contributed by atoms with van der Waals surface area (Å²) in [5, 5.41) is 3.71. The fraction of sp³-hybridized carbons (Fsp3) is 0.667. The van der Waals surface area contributed by atoms with E-state index in [9.17, 15) is 0 Å². The van der Waals surface area contributed by atoms with Gasteiger partial charge in [-0.1, -0.05) is 30.3 Å². The zero-order valence-corrected chi connectivity index (χ0v) is 13.6. The molecule has 2 heterocycles. The highest BCUT2D eigenvalue weighted by atomic mass is 16.5. The minimum Gasteiger partial charge on any atom is -0.380 e. The Kier molecular flexibility index (Phi) is 4.08. The molecule has 3 nitrogen and oxygen atoms in total. The van der Waals surface area contributed by atoms with Gasteiger partial charge < -0.3 is 10.1 Å². The molecule has 0 aromatic heterocycles. The van der Waals surface area contributed by atoms with Crippen LogP contribution in [0.4, 0.5) is 0 Å². The summed E-state index contributed by atoms with van der Waals surface area (Å²) in [5.41, 5.74) is 1.72. The zero-order valence-electron chi connectivity index (χ0n) is 13.6. The highest BCUT2D eigenvalue weighted by Gasteiger charge is 2.43. The van der Waals surface area contributed by atoms with Crippen LogP contribution in [0.25, 0.3) is 0 Å². The van der Waals surface area contributed by atoms with Gasteiger partial charge in [-0.25, -0.2) is 0 Å². The minimum absolute atomic E-state index is 0.151. The molecule has 3 heteroatoms. The molecule has 2 fully saturated rings. The summed E-state index contributed by atoms with van der Waals surface area (Å²) in [6, 6.07) is 11.3. The van der Waals surface area contributed by atoms with Crippen molar-refractivity contribution in [3.63, 3.8) is 0 Å². The molecule has 116 valence electrons. The smallest absolute Gasteiger partial charge is 0.0647 e. The molecule has 0 radical (unpaired) electrons. The van der Waals surface area contributed by atoms with Crippen molar-refractivity contribution in [2.45, 2.75) is 50.7 Å². The number of benzene rings is 1. The van der Waals surface area contributed by atoms with Gasteiger partial charge in [0.25, 0.3) is 0 Å². The molecule has 0 aliphatic carbocycles. The van der Waals surface area contributed by atoms with E-state index in [-0.39, 0.29) is 11.1 Å². The van der Waals surface area contributed by atoms with Gasteiger partial charge in [0.1, 0.15) is 0 Å². The van der Waals surface area contributed by atoms with E-state index < -0.39 is 0 Å². The molecule has 2 saturated heterocycles. The summed E-state index contributed by atoms with van der Waals surface area (Å²) in [4.78, 5) is 2.69. The molecule has 2 aliphatic heterocycles.